The fourth-order valence-electron chi connectivity index (χ4n) is 6.72. The summed E-state index contributed by atoms with van der Waals surface area (Å²) in [5, 5.41) is 34.7. The topological polar surface area (TPSA) is 135 Å². The highest BCUT2D eigenvalue weighted by molar-refractivity contribution is 5.73. The van der Waals surface area contributed by atoms with Gasteiger partial charge in [0.1, 0.15) is 17.8 Å². The molecule has 0 aromatic carbocycles. The largest absolute Gasteiger partial charge is 0.459 e. The van der Waals surface area contributed by atoms with E-state index in [0.29, 0.717) is 25.8 Å². The molecule has 13 atom stereocenters. The number of esters is 1. The number of nitrogens with zero attached hydrogens (tertiary/aromatic N) is 1. The standard InChI is InChI=1S/C31H60N2O7/c1-13-23-31(11,37)27(34)21(6)33(12)16-17(2)15-30(10,36)29(8,9)20(5)26(19(4)28(35)39-23)40-24-14-18(3)25(32)22(7)38-24/h17-27,34,36-37H,13-16,32H2,1-12H3/t17-,18+,19-,20+,21-,22+,23-,24+,25-,26-,27-,30-,31-/m1/s1. The van der Waals surface area contributed by atoms with Gasteiger partial charge >= 0.3 is 5.97 Å². The van der Waals surface area contributed by atoms with Gasteiger partial charge in [-0.05, 0) is 77.7 Å². The Labute approximate surface area is 243 Å². The molecule has 0 aliphatic carbocycles. The van der Waals surface area contributed by atoms with Gasteiger partial charge in [-0.3, -0.25) is 4.79 Å². The van der Waals surface area contributed by atoms with E-state index in [0.717, 1.165) is 0 Å². The maximum Gasteiger partial charge on any atom is 0.311 e. The van der Waals surface area contributed by atoms with Crippen LogP contribution in [0.3, 0.4) is 0 Å². The molecule has 2 aliphatic rings. The lowest BCUT2D eigenvalue weighted by Crippen LogP contribution is -2.59. The summed E-state index contributed by atoms with van der Waals surface area (Å²) in [6.07, 6.45) is -2.09. The second-order valence-corrected chi connectivity index (χ2v) is 14.2. The number of likely N-dealkylation sites (N-methyl/N-ethyl adjacent to an activating group) is 1. The molecule has 0 aromatic heterocycles. The number of cyclic esters (lactones) is 1. The van der Waals surface area contributed by atoms with Gasteiger partial charge in [-0.1, -0.05) is 41.5 Å². The molecule has 236 valence electrons. The third kappa shape index (κ3) is 7.39. The van der Waals surface area contributed by atoms with Gasteiger partial charge in [-0.2, -0.15) is 0 Å². The number of ether oxygens (including phenoxy) is 3. The minimum atomic E-state index is -1.68. The maximum atomic E-state index is 13.7. The van der Waals surface area contributed by atoms with Crippen molar-refractivity contribution < 1.29 is 34.3 Å². The van der Waals surface area contributed by atoms with Crippen LogP contribution in [0.5, 0.6) is 0 Å². The second kappa shape index (κ2) is 13.2. The molecule has 0 amide bonds. The number of hydrogen-bond donors (Lipinski definition) is 4. The number of aliphatic hydroxyl groups excluding tert-OH is 1. The normalized spacial score (nSPS) is 48.6. The van der Waals surface area contributed by atoms with E-state index in [2.05, 4.69) is 13.8 Å². The Kier molecular flexibility index (Phi) is 11.7. The van der Waals surface area contributed by atoms with E-state index in [1.54, 1.807) is 6.92 Å². The van der Waals surface area contributed by atoms with E-state index in [-0.39, 0.29) is 29.9 Å². The molecule has 5 N–H and O–H groups in total. The van der Waals surface area contributed by atoms with E-state index in [1.807, 2.05) is 60.4 Å². The third-order valence-corrected chi connectivity index (χ3v) is 10.7. The van der Waals surface area contributed by atoms with Gasteiger partial charge in [0, 0.05) is 25.0 Å². The number of rotatable bonds is 3. The molecule has 2 fully saturated rings. The predicted molar refractivity (Wildman–Crippen MR) is 156 cm³/mol. The number of hydrogen-bond acceptors (Lipinski definition) is 9. The summed E-state index contributed by atoms with van der Waals surface area (Å²) in [6.45, 7) is 21.6. The van der Waals surface area contributed by atoms with Crippen molar-refractivity contribution in [3.8, 4) is 0 Å². The van der Waals surface area contributed by atoms with Gasteiger partial charge in [-0.15, -0.1) is 0 Å². The number of nitrogens with two attached hydrogens (primary N) is 1. The van der Waals surface area contributed by atoms with Gasteiger partial charge in [0.2, 0.25) is 0 Å². The minimum absolute atomic E-state index is 0.0812. The molecule has 2 aliphatic heterocycles. The Hall–Kier alpha value is -0.810. The molecule has 0 bridgehead atoms. The molecular formula is C31H60N2O7. The number of aliphatic hydroxyl groups is 3. The molecule has 0 aromatic rings. The molecule has 0 saturated carbocycles. The lowest BCUT2D eigenvalue weighted by Gasteiger charge is -2.50. The van der Waals surface area contributed by atoms with Gasteiger partial charge < -0.3 is 40.2 Å². The van der Waals surface area contributed by atoms with Crippen molar-refractivity contribution in [3.05, 3.63) is 0 Å². The first-order valence-electron chi connectivity index (χ1n) is 15.3. The Bertz CT molecular complexity index is 823. The van der Waals surface area contributed by atoms with Crippen molar-refractivity contribution in [2.75, 3.05) is 13.6 Å². The maximum absolute atomic E-state index is 13.7. The number of carbonyl (C=O) groups excluding carboxylic acids is 1. The summed E-state index contributed by atoms with van der Waals surface area (Å²) in [5.74, 6) is -1.29. The molecule has 0 radical (unpaired) electrons. The summed E-state index contributed by atoms with van der Waals surface area (Å²) in [6, 6.07) is -0.523. The fourth-order valence-corrected chi connectivity index (χ4v) is 6.72. The Morgan fingerprint density at radius 3 is 2.17 bits per heavy atom. The first kappa shape index (κ1) is 35.4. The van der Waals surface area contributed by atoms with Crippen LogP contribution in [0.15, 0.2) is 0 Å². The minimum Gasteiger partial charge on any atom is -0.459 e. The monoisotopic (exact) mass is 572 g/mol. The molecule has 0 unspecified atom stereocenters. The highest BCUT2D eigenvalue weighted by Gasteiger charge is 2.51. The molecular weight excluding hydrogens is 512 g/mol. The summed E-state index contributed by atoms with van der Waals surface area (Å²) < 4.78 is 18.7. The summed E-state index contributed by atoms with van der Waals surface area (Å²) in [7, 11) is 1.90. The summed E-state index contributed by atoms with van der Waals surface area (Å²) in [4.78, 5) is 15.7. The first-order chi connectivity index (χ1) is 18.2. The Morgan fingerprint density at radius 2 is 1.65 bits per heavy atom. The van der Waals surface area contributed by atoms with Crippen LogP contribution in [0.25, 0.3) is 0 Å². The van der Waals surface area contributed by atoms with Gasteiger partial charge in [0.05, 0.1) is 23.7 Å². The van der Waals surface area contributed by atoms with Gasteiger partial charge in [-0.25, -0.2) is 0 Å². The average molecular weight is 573 g/mol. The molecule has 9 heteroatoms. The Morgan fingerprint density at radius 1 is 1.07 bits per heavy atom. The lowest BCUT2D eigenvalue weighted by atomic mass is 9.62. The van der Waals surface area contributed by atoms with Crippen LogP contribution in [0, 0.1) is 29.1 Å². The zero-order valence-electron chi connectivity index (χ0n) is 27.2. The van der Waals surface area contributed by atoms with Crippen LogP contribution < -0.4 is 5.73 Å². The first-order valence-corrected chi connectivity index (χ1v) is 15.3. The van der Waals surface area contributed by atoms with Crippen LogP contribution in [0.1, 0.15) is 95.4 Å². The predicted octanol–water partition coefficient (Wildman–Crippen LogP) is 3.31. The van der Waals surface area contributed by atoms with Crippen molar-refractivity contribution in [1.29, 1.82) is 0 Å². The highest BCUT2D eigenvalue weighted by Crippen LogP contribution is 2.46. The molecule has 40 heavy (non-hydrogen) atoms. The van der Waals surface area contributed by atoms with Crippen molar-refractivity contribution >= 4 is 5.97 Å². The molecule has 2 heterocycles. The van der Waals surface area contributed by atoms with Crippen molar-refractivity contribution in [2.24, 2.45) is 34.8 Å². The zero-order chi connectivity index (χ0) is 31.0. The molecule has 2 saturated heterocycles. The van der Waals surface area contributed by atoms with E-state index in [4.69, 9.17) is 19.9 Å². The third-order valence-electron chi connectivity index (χ3n) is 10.7. The van der Waals surface area contributed by atoms with Crippen LogP contribution in [-0.2, 0) is 19.0 Å². The van der Waals surface area contributed by atoms with Crippen molar-refractivity contribution in [1.82, 2.24) is 4.90 Å². The quantitative estimate of drug-likeness (QED) is 0.376. The van der Waals surface area contributed by atoms with E-state index in [9.17, 15) is 20.1 Å². The summed E-state index contributed by atoms with van der Waals surface area (Å²) in [5.41, 5.74) is 2.85. The van der Waals surface area contributed by atoms with Crippen LogP contribution in [0.2, 0.25) is 0 Å². The summed E-state index contributed by atoms with van der Waals surface area (Å²) >= 11 is 0. The van der Waals surface area contributed by atoms with E-state index < -0.39 is 59.1 Å². The molecule has 2 rings (SSSR count). The fraction of sp³-hybridized carbons (Fsp3) is 0.968. The van der Waals surface area contributed by atoms with Crippen molar-refractivity contribution in [2.45, 2.75) is 149 Å². The number of carbonyl (C=O) groups is 1. The van der Waals surface area contributed by atoms with Gasteiger partial charge in [0.25, 0.3) is 0 Å². The van der Waals surface area contributed by atoms with Crippen LogP contribution in [-0.4, -0.2) is 93.8 Å². The van der Waals surface area contributed by atoms with Gasteiger partial charge in [0.15, 0.2) is 6.29 Å². The Balaban J connectivity index is 2.56. The van der Waals surface area contributed by atoms with Crippen molar-refractivity contribution in [3.63, 3.8) is 0 Å². The van der Waals surface area contributed by atoms with Crippen LogP contribution >= 0.6 is 0 Å². The zero-order valence-corrected chi connectivity index (χ0v) is 27.2. The SMILES string of the molecule is CC[C@H]1OC(=O)[C@H](C)[C@@H](O[C@H]2C[C@H](C)[C@@H](N)[C@H](C)O2)[C@H](C)C(C)(C)[C@](C)(O)C[C@@H](C)CN(C)[C@H](C)[C@@H](O)[C@]1(C)O. The van der Waals surface area contributed by atoms with Crippen LogP contribution in [0.4, 0.5) is 0 Å². The lowest BCUT2D eigenvalue weighted by molar-refractivity contribution is -0.254. The molecule has 0 spiro atoms. The smallest absolute Gasteiger partial charge is 0.311 e. The second-order valence-electron chi connectivity index (χ2n) is 14.2. The average Bonchev–Trinajstić information content (AvgIpc) is 2.85. The van der Waals surface area contributed by atoms with E-state index in [1.165, 1.54) is 6.92 Å². The molecule has 9 nitrogen and oxygen atoms in total. The van der Waals surface area contributed by atoms with E-state index >= 15 is 0 Å². The highest BCUT2D eigenvalue weighted by atomic mass is 16.7.